The fourth-order valence-electron chi connectivity index (χ4n) is 2.07. The Morgan fingerprint density at radius 1 is 1.23 bits per heavy atom. The number of aryl methyl sites for hydroxylation is 1. The number of esters is 1. The third kappa shape index (κ3) is 5.67. The van der Waals surface area contributed by atoms with Crippen LogP contribution in [0.3, 0.4) is 0 Å². The first-order valence-corrected chi connectivity index (χ1v) is 7.56. The van der Waals surface area contributed by atoms with Crippen molar-refractivity contribution in [2.75, 3.05) is 6.54 Å². The van der Waals surface area contributed by atoms with Crippen LogP contribution in [0.2, 0.25) is 0 Å². The van der Waals surface area contributed by atoms with Crippen LogP contribution in [0.15, 0.2) is 13.6 Å². The van der Waals surface area contributed by atoms with E-state index in [9.17, 15) is 9.59 Å². The number of carbonyl (C=O) groups excluding carboxylic acids is 1. The van der Waals surface area contributed by atoms with Crippen molar-refractivity contribution in [3.63, 3.8) is 0 Å². The Hall–Kier alpha value is -1.56. The Balaban J connectivity index is 2.90. The number of carbonyl (C=O) groups is 1. The molecule has 0 bridgehead atoms. The van der Waals surface area contributed by atoms with Gasteiger partial charge in [-0.25, -0.2) is 4.79 Å². The third-order valence-corrected chi connectivity index (χ3v) is 3.08. The average molecular weight is 313 g/mol. The summed E-state index contributed by atoms with van der Waals surface area (Å²) >= 11 is 0. The van der Waals surface area contributed by atoms with Crippen LogP contribution in [0.25, 0.3) is 0 Å². The molecule has 126 valence electrons. The van der Waals surface area contributed by atoms with Gasteiger partial charge >= 0.3 is 11.8 Å². The molecule has 1 heterocycles. The first kappa shape index (κ1) is 18.5. The molecule has 0 aliphatic heterocycles. The maximum atomic E-state index is 12.3. The molecule has 1 atom stereocenters. The molecule has 0 saturated carbocycles. The minimum atomic E-state index is -0.720. The summed E-state index contributed by atoms with van der Waals surface area (Å²) in [6, 6.07) is -0.443. The fourth-order valence-corrected chi connectivity index (χ4v) is 2.07. The van der Waals surface area contributed by atoms with Gasteiger partial charge in [0.05, 0.1) is 6.54 Å². The number of hydrogen-bond donors (Lipinski definition) is 0. The van der Waals surface area contributed by atoms with E-state index >= 15 is 0 Å². The van der Waals surface area contributed by atoms with Crippen LogP contribution in [0.5, 0.6) is 0 Å². The molecule has 0 aromatic carbocycles. The quantitative estimate of drug-likeness (QED) is 0.752. The molecule has 6 heteroatoms. The van der Waals surface area contributed by atoms with Gasteiger partial charge < -0.3 is 13.6 Å². The molecule has 0 radical (unpaired) electrons. The van der Waals surface area contributed by atoms with Crippen LogP contribution < -0.4 is 5.82 Å². The van der Waals surface area contributed by atoms with Gasteiger partial charge in [0, 0.05) is 6.54 Å². The Morgan fingerprint density at radius 2 is 1.82 bits per heavy atom. The second-order valence-electron chi connectivity index (χ2n) is 6.97. The van der Waals surface area contributed by atoms with Gasteiger partial charge in [-0.05, 0) is 40.5 Å². The summed E-state index contributed by atoms with van der Waals surface area (Å²) in [6.07, 6.45) is 0. The predicted octanol–water partition coefficient (Wildman–Crippen LogP) is 2.73. The zero-order chi connectivity index (χ0) is 17.1. The monoisotopic (exact) mass is 313 g/mol. The Morgan fingerprint density at radius 3 is 2.23 bits per heavy atom. The molecule has 0 amide bonds. The number of nitrogens with zero attached hydrogens (tertiary/aromatic N) is 1. The van der Waals surface area contributed by atoms with Crippen LogP contribution in [-0.4, -0.2) is 29.1 Å². The second-order valence-corrected chi connectivity index (χ2v) is 6.97. The smallest absolute Gasteiger partial charge is 0.459 e. The van der Waals surface area contributed by atoms with Gasteiger partial charge in [-0.2, -0.15) is 0 Å². The molecule has 0 N–H and O–H groups in total. The molecule has 0 aliphatic rings. The van der Waals surface area contributed by atoms with E-state index < -0.39 is 17.5 Å². The SMILES string of the molecule is Cc1oc(=O)oc1CN(CC(C)C)[C@@H](C)C(=O)OC(C)(C)C. The average Bonchev–Trinajstić information content (AvgIpc) is 2.63. The van der Waals surface area contributed by atoms with Crippen molar-refractivity contribution in [2.45, 2.75) is 66.7 Å². The largest absolute Gasteiger partial charge is 0.519 e. The van der Waals surface area contributed by atoms with Crippen LogP contribution in [0.4, 0.5) is 0 Å². The Bertz CT molecular complexity index is 550. The van der Waals surface area contributed by atoms with Crippen LogP contribution in [0.1, 0.15) is 53.1 Å². The van der Waals surface area contributed by atoms with E-state index in [4.69, 9.17) is 13.6 Å². The van der Waals surface area contributed by atoms with Crippen molar-refractivity contribution in [1.82, 2.24) is 4.90 Å². The molecule has 22 heavy (non-hydrogen) atoms. The lowest BCUT2D eigenvalue weighted by Gasteiger charge is -2.30. The van der Waals surface area contributed by atoms with Crippen LogP contribution >= 0.6 is 0 Å². The normalized spacial score (nSPS) is 13.7. The number of rotatable bonds is 6. The van der Waals surface area contributed by atoms with Crippen molar-refractivity contribution >= 4 is 5.97 Å². The van der Waals surface area contributed by atoms with Crippen LogP contribution in [-0.2, 0) is 16.1 Å². The maximum Gasteiger partial charge on any atom is 0.519 e. The zero-order valence-electron chi connectivity index (χ0n) is 14.6. The summed E-state index contributed by atoms with van der Waals surface area (Å²) in [5.41, 5.74) is -0.535. The molecular formula is C16H27NO5. The lowest BCUT2D eigenvalue weighted by atomic mass is 10.1. The molecule has 1 aromatic heterocycles. The van der Waals surface area contributed by atoms with Gasteiger partial charge in [0.15, 0.2) is 5.76 Å². The zero-order valence-corrected chi connectivity index (χ0v) is 14.6. The molecule has 0 fully saturated rings. The van der Waals surface area contributed by atoms with E-state index in [0.717, 1.165) is 0 Å². The van der Waals surface area contributed by atoms with E-state index in [-0.39, 0.29) is 5.97 Å². The lowest BCUT2D eigenvalue weighted by Crippen LogP contribution is -2.43. The first-order valence-electron chi connectivity index (χ1n) is 7.56. The Kier molecular flexibility index (Phi) is 6.00. The van der Waals surface area contributed by atoms with Gasteiger partial charge in [0.1, 0.15) is 17.4 Å². The molecule has 1 rings (SSSR count). The number of ether oxygens (including phenoxy) is 1. The van der Waals surface area contributed by atoms with Gasteiger partial charge in [0.2, 0.25) is 0 Å². The van der Waals surface area contributed by atoms with E-state index in [2.05, 4.69) is 13.8 Å². The second kappa shape index (κ2) is 7.13. The van der Waals surface area contributed by atoms with Crippen molar-refractivity contribution in [3.8, 4) is 0 Å². The highest BCUT2D eigenvalue weighted by Crippen LogP contribution is 2.17. The van der Waals surface area contributed by atoms with Crippen molar-refractivity contribution < 1.29 is 18.4 Å². The third-order valence-electron chi connectivity index (χ3n) is 3.08. The predicted molar refractivity (Wildman–Crippen MR) is 82.5 cm³/mol. The minimum Gasteiger partial charge on any atom is -0.459 e. The highest BCUT2D eigenvalue weighted by molar-refractivity contribution is 5.75. The topological polar surface area (TPSA) is 72.9 Å². The van der Waals surface area contributed by atoms with Gasteiger partial charge in [-0.15, -0.1) is 0 Å². The first-order chi connectivity index (χ1) is 9.99. The Labute approximate surface area is 131 Å². The molecular weight excluding hydrogens is 286 g/mol. The molecule has 0 unspecified atom stereocenters. The van der Waals surface area contributed by atoms with E-state index in [1.54, 1.807) is 13.8 Å². The highest BCUT2D eigenvalue weighted by atomic mass is 16.6. The summed E-state index contributed by atoms with van der Waals surface area (Å²) in [5.74, 6) is 0.221. The van der Waals surface area contributed by atoms with Gasteiger partial charge in [-0.3, -0.25) is 9.69 Å². The number of hydrogen-bond acceptors (Lipinski definition) is 6. The van der Waals surface area contributed by atoms with Crippen molar-refractivity contribution in [3.05, 3.63) is 22.1 Å². The molecule has 6 nitrogen and oxygen atoms in total. The molecule has 0 aliphatic carbocycles. The summed E-state index contributed by atoms with van der Waals surface area (Å²) in [5, 5.41) is 0. The highest BCUT2D eigenvalue weighted by Gasteiger charge is 2.28. The maximum absolute atomic E-state index is 12.3. The molecule has 1 aromatic rings. The summed E-state index contributed by atoms with van der Waals surface area (Å²) < 4.78 is 15.4. The molecule has 0 spiro atoms. The minimum absolute atomic E-state index is 0.295. The lowest BCUT2D eigenvalue weighted by molar-refractivity contribution is -0.161. The standard InChI is InChI=1S/C16H27NO5/c1-10(2)8-17(9-13-12(4)20-15(19)21-13)11(3)14(18)22-16(5,6)7/h10-11H,8-9H2,1-7H3/t11-/m0/s1. The van der Waals surface area contributed by atoms with Crippen LogP contribution in [0, 0.1) is 12.8 Å². The van der Waals surface area contributed by atoms with Gasteiger partial charge in [-0.1, -0.05) is 13.8 Å². The van der Waals surface area contributed by atoms with Gasteiger partial charge in [0.25, 0.3) is 0 Å². The summed E-state index contributed by atoms with van der Waals surface area (Å²) in [6.45, 7) is 14.1. The van der Waals surface area contributed by atoms with E-state index in [0.29, 0.717) is 30.5 Å². The van der Waals surface area contributed by atoms with Crippen molar-refractivity contribution in [1.29, 1.82) is 0 Å². The van der Waals surface area contributed by atoms with E-state index in [1.165, 1.54) is 0 Å². The summed E-state index contributed by atoms with van der Waals surface area (Å²) in [7, 11) is 0. The van der Waals surface area contributed by atoms with E-state index in [1.807, 2.05) is 25.7 Å². The fraction of sp³-hybridized carbons (Fsp3) is 0.750. The molecule has 0 saturated heterocycles. The summed E-state index contributed by atoms with van der Waals surface area (Å²) in [4.78, 5) is 25.4. The van der Waals surface area contributed by atoms with Crippen molar-refractivity contribution in [2.24, 2.45) is 5.92 Å².